The average Bonchev–Trinajstić information content (AvgIpc) is 3.45. The third-order valence-corrected chi connectivity index (χ3v) is 6.57. The fraction of sp³-hybridized carbons (Fsp3) is 0.292. The Morgan fingerprint density at radius 3 is 2.62 bits per heavy atom. The number of halogens is 1. The van der Waals surface area contributed by atoms with Crippen molar-refractivity contribution in [2.24, 2.45) is 5.92 Å². The quantitative estimate of drug-likeness (QED) is 0.512. The molecule has 1 aromatic heterocycles. The van der Waals surface area contributed by atoms with E-state index in [9.17, 15) is 18.8 Å². The molecule has 3 amide bonds. The molecule has 0 unspecified atom stereocenters. The highest BCUT2D eigenvalue weighted by atomic mass is 32.1. The van der Waals surface area contributed by atoms with Crippen LogP contribution in [0.5, 0.6) is 0 Å². The summed E-state index contributed by atoms with van der Waals surface area (Å²) in [6.07, 6.45) is 1.41. The molecule has 1 atom stereocenters. The van der Waals surface area contributed by atoms with Crippen molar-refractivity contribution < 1.29 is 18.8 Å². The zero-order valence-electron chi connectivity index (χ0n) is 18.6. The molecule has 2 aromatic carbocycles. The minimum Gasteiger partial charge on any atom is -0.342 e. The molecule has 10 heteroatoms. The normalized spacial score (nSPS) is 15.4. The van der Waals surface area contributed by atoms with Gasteiger partial charge in [-0.25, -0.2) is 4.39 Å². The molecule has 3 aromatic rings. The van der Waals surface area contributed by atoms with Gasteiger partial charge >= 0.3 is 0 Å². The van der Waals surface area contributed by atoms with Gasteiger partial charge in [-0.3, -0.25) is 19.7 Å². The minimum atomic E-state index is -0.521. The van der Waals surface area contributed by atoms with Crippen LogP contribution in [0.4, 0.5) is 15.2 Å². The standard InChI is InChI=1S/C24H24FN5O3S/c1-2-20-28-29-24(34-20)27-23(33)18-5-3-4-6-19(18)26-22(32)16-13-21(31)30(14-16)12-11-15-7-9-17(25)10-8-15/h3-10,16H,2,11-14H2,1H3,(H,26,32)(H,27,29,33)/t16-/m1/s1. The zero-order valence-corrected chi connectivity index (χ0v) is 19.4. The van der Waals surface area contributed by atoms with Crippen LogP contribution >= 0.6 is 11.3 Å². The molecular weight excluding hydrogens is 457 g/mol. The largest absolute Gasteiger partial charge is 0.342 e. The number of benzene rings is 2. The van der Waals surface area contributed by atoms with Crippen LogP contribution in [0.2, 0.25) is 0 Å². The number of nitrogens with zero attached hydrogens (tertiary/aromatic N) is 3. The van der Waals surface area contributed by atoms with Gasteiger partial charge in [0.15, 0.2) is 0 Å². The van der Waals surface area contributed by atoms with Crippen molar-refractivity contribution in [3.63, 3.8) is 0 Å². The predicted molar refractivity (Wildman–Crippen MR) is 127 cm³/mol. The number of aromatic nitrogens is 2. The third-order valence-electron chi connectivity index (χ3n) is 5.59. The molecule has 0 bridgehead atoms. The maximum absolute atomic E-state index is 13.1. The molecule has 1 fully saturated rings. The van der Waals surface area contributed by atoms with E-state index in [0.717, 1.165) is 17.0 Å². The second kappa shape index (κ2) is 10.5. The van der Waals surface area contributed by atoms with Gasteiger partial charge in [-0.1, -0.05) is 42.5 Å². The van der Waals surface area contributed by atoms with Crippen molar-refractivity contribution in [2.75, 3.05) is 23.7 Å². The molecule has 1 saturated heterocycles. The average molecular weight is 482 g/mol. The van der Waals surface area contributed by atoms with Crippen molar-refractivity contribution in [1.82, 2.24) is 15.1 Å². The van der Waals surface area contributed by atoms with Gasteiger partial charge in [-0.15, -0.1) is 10.2 Å². The zero-order chi connectivity index (χ0) is 24.1. The molecule has 2 heterocycles. The Labute approximate surface area is 200 Å². The summed E-state index contributed by atoms with van der Waals surface area (Å²) in [5.41, 5.74) is 1.58. The van der Waals surface area contributed by atoms with Crippen molar-refractivity contribution in [3.05, 3.63) is 70.5 Å². The first-order valence-electron chi connectivity index (χ1n) is 11.0. The first-order valence-corrected chi connectivity index (χ1v) is 11.8. The lowest BCUT2D eigenvalue weighted by atomic mass is 10.1. The van der Waals surface area contributed by atoms with Gasteiger partial charge < -0.3 is 10.2 Å². The van der Waals surface area contributed by atoms with E-state index < -0.39 is 11.8 Å². The SMILES string of the molecule is CCc1nnc(NC(=O)c2ccccc2NC(=O)[C@@H]2CC(=O)N(CCc3ccc(F)cc3)C2)s1. The molecule has 0 spiro atoms. The number of para-hydroxylation sites is 1. The van der Waals surface area contributed by atoms with Crippen LogP contribution in [0.25, 0.3) is 0 Å². The minimum absolute atomic E-state index is 0.101. The second-order valence-electron chi connectivity index (χ2n) is 7.96. The van der Waals surface area contributed by atoms with E-state index in [2.05, 4.69) is 20.8 Å². The molecule has 0 saturated carbocycles. The first-order chi connectivity index (χ1) is 16.4. The Morgan fingerprint density at radius 2 is 1.88 bits per heavy atom. The molecule has 176 valence electrons. The van der Waals surface area contributed by atoms with Crippen LogP contribution in [-0.2, 0) is 22.4 Å². The highest BCUT2D eigenvalue weighted by Crippen LogP contribution is 2.23. The number of hydrogen-bond donors (Lipinski definition) is 2. The van der Waals surface area contributed by atoms with Crippen LogP contribution in [0.1, 0.15) is 34.3 Å². The number of carbonyl (C=O) groups excluding carboxylic acids is 3. The lowest BCUT2D eigenvalue weighted by molar-refractivity contribution is -0.128. The fourth-order valence-electron chi connectivity index (χ4n) is 3.72. The van der Waals surface area contributed by atoms with Gasteiger partial charge in [-0.05, 0) is 42.7 Å². The summed E-state index contributed by atoms with van der Waals surface area (Å²) in [5.74, 6) is -1.65. The summed E-state index contributed by atoms with van der Waals surface area (Å²) < 4.78 is 13.1. The van der Waals surface area contributed by atoms with Crippen molar-refractivity contribution in [3.8, 4) is 0 Å². The van der Waals surface area contributed by atoms with E-state index in [1.54, 1.807) is 41.3 Å². The molecule has 1 aliphatic heterocycles. The molecule has 34 heavy (non-hydrogen) atoms. The number of rotatable bonds is 8. The summed E-state index contributed by atoms with van der Waals surface area (Å²) in [6.45, 7) is 2.70. The molecule has 0 aliphatic carbocycles. The topological polar surface area (TPSA) is 104 Å². The van der Waals surface area contributed by atoms with Gasteiger partial charge in [0.1, 0.15) is 10.8 Å². The third kappa shape index (κ3) is 5.63. The Morgan fingerprint density at radius 1 is 1.12 bits per heavy atom. The van der Waals surface area contributed by atoms with E-state index in [1.807, 2.05) is 6.92 Å². The number of anilines is 2. The Kier molecular flexibility index (Phi) is 7.27. The summed E-state index contributed by atoms with van der Waals surface area (Å²) in [7, 11) is 0. The van der Waals surface area contributed by atoms with Crippen LogP contribution < -0.4 is 10.6 Å². The number of aryl methyl sites for hydroxylation is 1. The van der Waals surface area contributed by atoms with Gasteiger partial charge in [0.05, 0.1) is 17.2 Å². The van der Waals surface area contributed by atoms with E-state index in [0.29, 0.717) is 35.9 Å². The second-order valence-corrected chi connectivity index (χ2v) is 9.02. The fourth-order valence-corrected chi connectivity index (χ4v) is 4.39. The van der Waals surface area contributed by atoms with E-state index in [4.69, 9.17) is 0 Å². The Hall–Kier alpha value is -3.66. The summed E-state index contributed by atoms with van der Waals surface area (Å²) in [5, 5.41) is 14.7. The van der Waals surface area contributed by atoms with Gasteiger partial charge in [0, 0.05) is 19.5 Å². The number of carbonyl (C=O) groups is 3. The van der Waals surface area contributed by atoms with Crippen LogP contribution in [0, 0.1) is 11.7 Å². The van der Waals surface area contributed by atoms with Gasteiger partial charge in [0.2, 0.25) is 16.9 Å². The van der Waals surface area contributed by atoms with Crippen LogP contribution in [0.3, 0.4) is 0 Å². The number of hydrogen-bond acceptors (Lipinski definition) is 6. The lowest BCUT2D eigenvalue weighted by Crippen LogP contribution is -2.30. The Balaban J connectivity index is 1.36. The summed E-state index contributed by atoms with van der Waals surface area (Å²) >= 11 is 1.30. The van der Waals surface area contributed by atoms with Crippen molar-refractivity contribution >= 4 is 39.9 Å². The van der Waals surface area contributed by atoms with Crippen LogP contribution in [-0.4, -0.2) is 45.9 Å². The highest BCUT2D eigenvalue weighted by Gasteiger charge is 2.34. The van der Waals surface area contributed by atoms with E-state index >= 15 is 0 Å². The molecule has 4 rings (SSSR count). The lowest BCUT2D eigenvalue weighted by Gasteiger charge is -2.17. The van der Waals surface area contributed by atoms with Gasteiger partial charge in [0.25, 0.3) is 5.91 Å². The molecule has 8 nitrogen and oxygen atoms in total. The van der Waals surface area contributed by atoms with Crippen molar-refractivity contribution in [2.45, 2.75) is 26.2 Å². The molecule has 0 radical (unpaired) electrons. The maximum atomic E-state index is 13.1. The number of nitrogens with one attached hydrogen (secondary N) is 2. The highest BCUT2D eigenvalue weighted by molar-refractivity contribution is 7.15. The number of likely N-dealkylation sites (tertiary alicyclic amines) is 1. The van der Waals surface area contributed by atoms with Crippen LogP contribution in [0.15, 0.2) is 48.5 Å². The van der Waals surface area contributed by atoms with E-state index in [-0.39, 0.29) is 24.1 Å². The summed E-state index contributed by atoms with van der Waals surface area (Å²) in [6, 6.07) is 12.8. The molecule has 2 N–H and O–H groups in total. The predicted octanol–water partition coefficient (Wildman–Crippen LogP) is 3.52. The monoisotopic (exact) mass is 481 g/mol. The maximum Gasteiger partial charge on any atom is 0.259 e. The first kappa shape index (κ1) is 23.5. The molecular formula is C24H24FN5O3S. The van der Waals surface area contributed by atoms with Crippen molar-refractivity contribution in [1.29, 1.82) is 0 Å². The van der Waals surface area contributed by atoms with E-state index in [1.165, 1.54) is 23.5 Å². The Bertz CT molecular complexity index is 1200. The number of amides is 3. The van der Waals surface area contributed by atoms with Gasteiger partial charge in [-0.2, -0.15) is 0 Å². The molecule has 1 aliphatic rings. The smallest absolute Gasteiger partial charge is 0.259 e. The summed E-state index contributed by atoms with van der Waals surface area (Å²) in [4.78, 5) is 39.8.